The van der Waals surface area contributed by atoms with Crippen LogP contribution in [0.3, 0.4) is 0 Å². The van der Waals surface area contributed by atoms with E-state index >= 15 is 0 Å². The van der Waals surface area contributed by atoms with Crippen LogP contribution in [-0.2, 0) is 35.0 Å². The number of alkyl carbamates (subject to hydrolysis) is 1. The Hall–Kier alpha value is -3.60. The standard InChI is InChI=1S/C28H41N3O8/c1-18(2)15-21-24(32)30-23(26(34)36-6)17-37-13-7-8-14-38-20-11-9-19(10-12-20)16-22(25(33)29-21)31-27(35)39-28(3,4)5/h7-12,18,21-23H,13-17H2,1-6H3,(H,29,33)(H,30,32)(H,31,35)/b8-7+/t21-,22-,23-/m0/s1. The summed E-state index contributed by atoms with van der Waals surface area (Å²) in [5, 5.41) is 8.00. The van der Waals surface area contributed by atoms with E-state index < -0.39 is 47.6 Å². The van der Waals surface area contributed by atoms with Gasteiger partial charge >= 0.3 is 12.1 Å². The molecule has 2 aliphatic heterocycles. The van der Waals surface area contributed by atoms with E-state index in [9.17, 15) is 19.2 Å². The summed E-state index contributed by atoms with van der Waals surface area (Å²) in [6, 6.07) is 4.04. The van der Waals surface area contributed by atoms with Crippen molar-refractivity contribution < 1.29 is 38.1 Å². The summed E-state index contributed by atoms with van der Waals surface area (Å²) < 4.78 is 21.4. The fourth-order valence-electron chi connectivity index (χ4n) is 3.71. The largest absolute Gasteiger partial charge is 0.490 e. The number of methoxy groups -OCH3 is 1. The Morgan fingerprint density at radius 1 is 1.05 bits per heavy atom. The molecule has 0 radical (unpaired) electrons. The molecule has 1 aromatic rings. The van der Waals surface area contributed by atoms with Crippen molar-refractivity contribution in [3.8, 4) is 5.75 Å². The molecule has 216 valence electrons. The summed E-state index contributed by atoms with van der Waals surface area (Å²) in [6.45, 7) is 9.32. The fraction of sp³-hybridized carbons (Fsp3) is 0.571. The molecule has 0 unspecified atom stereocenters. The van der Waals surface area contributed by atoms with Gasteiger partial charge in [0.05, 0.1) is 20.3 Å². The van der Waals surface area contributed by atoms with Crippen LogP contribution in [0, 0.1) is 5.92 Å². The lowest BCUT2D eigenvalue weighted by molar-refractivity contribution is -0.147. The number of benzene rings is 1. The average molecular weight is 548 g/mol. The fourth-order valence-corrected chi connectivity index (χ4v) is 3.71. The molecule has 0 aromatic heterocycles. The number of amides is 3. The van der Waals surface area contributed by atoms with Crippen LogP contribution < -0.4 is 20.7 Å². The first-order chi connectivity index (χ1) is 18.4. The van der Waals surface area contributed by atoms with Crippen LogP contribution in [0.25, 0.3) is 0 Å². The van der Waals surface area contributed by atoms with Crippen molar-refractivity contribution in [1.82, 2.24) is 16.0 Å². The van der Waals surface area contributed by atoms with Crippen LogP contribution in [0.15, 0.2) is 36.4 Å². The summed E-state index contributed by atoms with van der Waals surface area (Å²) in [7, 11) is 1.21. The summed E-state index contributed by atoms with van der Waals surface area (Å²) in [5.41, 5.74) is -0.0103. The molecule has 0 saturated carbocycles. The Morgan fingerprint density at radius 3 is 2.33 bits per heavy atom. The summed E-state index contributed by atoms with van der Waals surface area (Å²) in [6.07, 6.45) is 3.18. The summed E-state index contributed by atoms with van der Waals surface area (Å²) in [4.78, 5) is 51.6. The van der Waals surface area contributed by atoms with E-state index in [1.165, 1.54) is 7.11 Å². The minimum atomic E-state index is -1.08. The monoisotopic (exact) mass is 547 g/mol. The number of esters is 1. The van der Waals surface area contributed by atoms with E-state index in [-0.39, 0.29) is 25.6 Å². The Labute approximate surface area is 230 Å². The molecule has 3 amide bonds. The van der Waals surface area contributed by atoms with Crippen LogP contribution in [0.4, 0.5) is 4.79 Å². The highest BCUT2D eigenvalue weighted by Gasteiger charge is 2.31. The highest BCUT2D eigenvalue weighted by molar-refractivity contribution is 5.93. The van der Waals surface area contributed by atoms with Crippen molar-refractivity contribution in [2.24, 2.45) is 5.92 Å². The van der Waals surface area contributed by atoms with Crippen LogP contribution >= 0.6 is 0 Å². The molecule has 0 spiro atoms. The van der Waals surface area contributed by atoms with E-state index in [0.717, 1.165) is 5.56 Å². The lowest BCUT2D eigenvalue weighted by Gasteiger charge is -2.27. The van der Waals surface area contributed by atoms with E-state index in [4.69, 9.17) is 18.9 Å². The van der Waals surface area contributed by atoms with Crippen molar-refractivity contribution in [2.45, 2.75) is 71.2 Å². The number of rotatable bonds is 4. The highest BCUT2D eigenvalue weighted by Crippen LogP contribution is 2.15. The van der Waals surface area contributed by atoms with Crippen LogP contribution in [0.5, 0.6) is 5.75 Å². The van der Waals surface area contributed by atoms with Gasteiger partial charge in [-0.05, 0) is 56.9 Å². The highest BCUT2D eigenvalue weighted by atomic mass is 16.6. The third-order valence-corrected chi connectivity index (χ3v) is 5.52. The quantitative estimate of drug-likeness (QED) is 0.296. The second-order valence-electron chi connectivity index (χ2n) is 10.6. The lowest BCUT2D eigenvalue weighted by Crippen LogP contribution is -2.57. The molecule has 39 heavy (non-hydrogen) atoms. The predicted molar refractivity (Wildman–Crippen MR) is 144 cm³/mol. The first-order valence-corrected chi connectivity index (χ1v) is 13.0. The normalized spacial score (nSPS) is 22.3. The molecular formula is C28H41N3O8. The Bertz CT molecular complexity index is 1000. The Morgan fingerprint density at radius 2 is 1.72 bits per heavy atom. The zero-order chi connectivity index (χ0) is 29.0. The SMILES string of the molecule is COC(=O)[C@@H]1COC/C=C/COc2ccc(cc2)C[C@H](NC(=O)OC(C)(C)C)C(=O)N[C@@H](CC(C)C)C(=O)N1. The maximum absolute atomic E-state index is 13.5. The van der Waals surface area contributed by atoms with Gasteiger partial charge in [0.15, 0.2) is 6.04 Å². The van der Waals surface area contributed by atoms with Gasteiger partial charge < -0.3 is 34.9 Å². The zero-order valence-corrected chi connectivity index (χ0v) is 23.6. The number of hydrogen-bond donors (Lipinski definition) is 3. The third kappa shape index (κ3) is 11.8. The number of ether oxygens (including phenoxy) is 4. The zero-order valence-electron chi connectivity index (χ0n) is 23.6. The van der Waals surface area contributed by atoms with Crippen molar-refractivity contribution >= 4 is 23.9 Å². The van der Waals surface area contributed by atoms with Gasteiger partial charge in [-0.2, -0.15) is 0 Å². The molecule has 0 fully saturated rings. The minimum absolute atomic E-state index is 0.0328. The molecule has 2 aliphatic rings. The van der Waals surface area contributed by atoms with Crippen LogP contribution in [-0.4, -0.2) is 74.5 Å². The van der Waals surface area contributed by atoms with Crippen LogP contribution in [0.2, 0.25) is 0 Å². The summed E-state index contributed by atoms with van der Waals surface area (Å²) in [5.74, 6) is -1.17. The van der Waals surface area contributed by atoms with Gasteiger partial charge in [0.1, 0.15) is 30.0 Å². The molecule has 1 aromatic carbocycles. The molecule has 2 heterocycles. The van der Waals surface area contributed by atoms with Gasteiger partial charge in [0.25, 0.3) is 0 Å². The van der Waals surface area contributed by atoms with E-state index in [2.05, 4.69) is 16.0 Å². The molecule has 3 N–H and O–H groups in total. The third-order valence-electron chi connectivity index (χ3n) is 5.52. The summed E-state index contributed by atoms with van der Waals surface area (Å²) >= 11 is 0. The molecule has 11 nitrogen and oxygen atoms in total. The lowest BCUT2D eigenvalue weighted by atomic mass is 10.0. The Balaban J connectivity index is 2.37. The predicted octanol–water partition coefficient (Wildman–Crippen LogP) is 2.28. The number of hydrogen-bond acceptors (Lipinski definition) is 8. The maximum atomic E-state index is 13.5. The van der Waals surface area contributed by atoms with Gasteiger partial charge in [-0.25, -0.2) is 9.59 Å². The van der Waals surface area contributed by atoms with Crippen LogP contribution in [0.1, 0.15) is 46.6 Å². The van der Waals surface area contributed by atoms with Crippen molar-refractivity contribution in [3.05, 3.63) is 42.0 Å². The number of fused-ring (bicyclic) bond motifs is 15. The number of nitrogens with one attached hydrogen (secondary N) is 3. The van der Waals surface area contributed by atoms with Gasteiger partial charge in [0.2, 0.25) is 11.8 Å². The smallest absolute Gasteiger partial charge is 0.408 e. The molecular weight excluding hydrogens is 506 g/mol. The van der Waals surface area contributed by atoms with E-state index in [1.54, 1.807) is 57.2 Å². The van der Waals surface area contributed by atoms with Crippen molar-refractivity contribution in [1.29, 1.82) is 0 Å². The second kappa shape index (κ2) is 15.1. The first-order valence-electron chi connectivity index (χ1n) is 13.0. The number of carbonyl (C=O) groups excluding carboxylic acids is 4. The van der Waals surface area contributed by atoms with Crippen molar-refractivity contribution in [3.63, 3.8) is 0 Å². The number of carbonyl (C=O) groups is 4. The van der Waals surface area contributed by atoms with Gasteiger partial charge in [-0.3, -0.25) is 9.59 Å². The topological polar surface area (TPSA) is 141 Å². The Kier molecular flexibility index (Phi) is 12.2. The van der Waals surface area contributed by atoms with E-state index in [0.29, 0.717) is 18.8 Å². The molecule has 3 rings (SSSR count). The van der Waals surface area contributed by atoms with Gasteiger partial charge in [0, 0.05) is 6.42 Å². The molecule has 3 atom stereocenters. The van der Waals surface area contributed by atoms with Crippen molar-refractivity contribution in [2.75, 3.05) is 26.9 Å². The van der Waals surface area contributed by atoms with Gasteiger partial charge in [-0.1, -0.05) is 32.1 Å². The van der Waals surface area contributed by atoms with Gasteiger partial charge in [-0.15, -0.1) is 0 Å². The molecule has 2 bridgehead atoms. The minimum Gasteiger partial charge on any atom is -0.490 e. The van der Waals surface area contributed by atoms with E-state index in [1.807, 2.05) is 13.8 Å². The second-order valence-corrected chi connectivity index (χ2v) is 10.6. The average Bonchev–Trinajstić information content (AvgIpc) is 2.85. The molecule has 0 aliphatic carbocycles. The molecule has 11 heteroatoms. The first kappa shape index (κ1) is 31.6. The molecule has 0 saturated heterocycles. The maximum Gasteiger partial charge on any atom is 0.408 e.